The van der Waals surface area contributed by atoms with Crippen molar-refractivity contribution < 1.29 is 9.59 Å². The third-order valence-corrected chi connectivity index (χ3v) is 6.89. The summed E-state index contributed by atoms with van der Waals surface area (Å²) in [6, 6.07) is 7.82. The van der Waals surface area contributed by atoms with Gasteiger partial charge >= 0.3 is 6.03 Å². The van der Waals surface area contributed by atoms with Gasteiger partial charge in [-0.25, -0.2) is 4.79 Å². The van der Waals surface area contributed by atoms with Crippen molar-refractivity contribution in [2.75, 3.05) is 11.9 Å². The van der Waals surface area contributed by atoms with Gasteiger partial charge in [0, 0.05) is 24.2 Å². The number of nitrogens with one attached hydrogen (secondary N) is 3. The van der Waals surface area contributed by atoms with Crippen LogP contribution in [-0.2, 0) is 4.79 Å². The topological polar surface area (TPSA) is 70.2 Å². The minimum absolute atomic E-state index is 0.0123. The van der Waals surface area contributed by atoms with Gasteiger partial charge in [0.1, 0.15) is 0 Å². The Labute approximate surface area is 168 Å². The second kappa shape index (κ2) is 7.76. The first kappa shape index (κ1) is 19.3. The van der Waals surface area contributed by atoms with Gasteiger partial charge in [0.05, 0.1) is 0 Å². The lowest BCUT2D eigenvalue weighted by Gasteiger charge is -2.56. The lowest BCUT2D eigenvalue weighted by atomic mass is 9.53. The second-order valence-corrected chi connectivity index (χ2v) is 9.66. The lowest BCUT2D eigenvalue weighted by molar-refractivity contribution is -0.116. The lowest BCUT2D eigenvalue weighted by Crippen LogP contribution is -2.61. The van der Waals surface area contributed by atoms with Gasteiger partial charge in [-0.1, -0.05) is 26.0 Å². The minimum Gasteiger partial charge on any atom is -0.338 e. The van der Waals surface area contributed by atoms with Crippen LogP contribution >= 0.6 is 0 Å². The first-order chi connectivity index (χ1) is 13.4. The van der Waals surface area contributed by atoms with Crippen molar-refractivity contribution in [3.8, 4) is 0 Å². The number of rotatable bonds is 6. The molecule has 1 aromatic carbocycles. The van der Waals surface area contributed by atoms with Crippen molar-refractivity contribution in [1.82, 2.24) is 10.6 Å². The number of carbonyl (C=O) groups excluding carboxylic acids is 2. The molecule has 3 amide bonds. The van der Waals surface area contributed by atoms with E-state index in [1.165, 1.54) is 24.8 Å². The standard InChI is InChI=1S/C23H33N3O2/c1-15(2)19-4-3-5-20(11-19)25-21(27)6-7-24-22(28)26-23-12-16-8-17(13-23)10-18(9-16)14-23/h3-5,11,15-18H,6-10,12-14H2,1-2H3,(H,25,27)(H2,24,26,28). The van der Waals surface area contributed by atoms with Crippen molar-refractivity contribution in [3.63, 3.8) is 0 Å². The zero-order valence-corrected chi connectivity index (χ0v) is 17.1. The summed E-state index contributed by atoms with van der Waals surface area (Å²) in [4.78, 5) is 24.6. The largest absolute Gasteiger partial charge is 0.338 e. The molecule has 0 aromatic heterocycles. The van der Waals surface area contributed by atoms with E-state index in [2.05, 4.69) is 35.9 Å². The Morgan fingerprint density at radius 3 is 2.32 bits per heavy atom. The van der Waals surface area contributed by atoms with Crippen molar-refractivity contribution in [3.05, 3.63) is 29.8 Å². The Morgan fingerprint density at radius 2 is 1.71 bits per heavy atom. The van der Waals surface area contributed by atoms with Crippen molar-refractivity contribution in [1.29, 1.82) is 0 Å². The van der Waals surface area contributed by atoms with E-state index in [0.29, 0.717) is 12.5 Å². The molecular formula is C23H33N3O2. The summed E-state index contributed by atoms with van der Waals surface area (Å²) < 4.78 is 0. The van der Waals surface area contributed by atoms with E-state index in [0.717, 1.165) is 42.7 Å². The molecule has 4 bridgehead atoms. The molecule has 152 valence electrons. The molecule has 4 aliphatic rings. The summed E-state index contributed by atoms with van der Waals surface area (Å²) in [5.74, 6) is 2.76. The van der Waals surface area contributed by atoms with Crippen molar-refractivity contribution >= 4 is 17.6 Å². The van der Waals surface area contributed by atoms with Gasteiger partial charge in [-0.15, -0.1) is 0 Å². The number of anilines is 1. The highest BCUT2D eigenvalue weighted by Gasteiger charge is 2.51. The van der Waals surface area contributed by atoms with Crippen LogP contribution in [0.2, 0.25) is 0 Å². The van der Waals surface area contributed by atoms with Gasteiger partial charge in [-0.3, -0.25) is 4.79 Å². The molecule has 0 unspecified atom stereocenters. The summed E-state index contributed by atoms with van der Waals surface area (Å²) in [5, 5.41) is 9.11. The Morgan fingerprint density at radius 1 is 1.07 bits per heavy atom. The van der Waals surface area contributed by atoms with Crippen LogP contribution < -0.4 is 16.0 Å². The SMILES string of the molecule is CC(C)c1cccc(NC(=O)CCNC(=O)NC23CC4CC(CC(C4)C2)C3)c1. The number of benzene rings is 1. The van der Waals surface area contributed by atoms with Crippen LogP contribution in [0.25, 0.3) is 0 Å². The molecule has 5 heteroatoms. The molecule has 0 aliphatic heterocycles. The maximum absolute atomic E-state index is 12.4. The van der Waals surface area contributed by atoms with E-state index in [4.69, 9.17) is 0 Å². The molecule has 0 heterocycles. The summed E-state index contributed by atoms with van der Waals surface area (Å²) in [6.07, 6.45) is 7.78. The maximum Gasteiger partial charge on any atom is 0.315 e. The van der Waals surface area contributed by atoms with E-state index in [-0.39, 0.29) is 23.9 Å². The zero-order valence-electron chi connectivity index (χ0n) is 17.1. The van der Waals surface area contributed by atoms with Crippen LogP contribution in [0.1, 0.15) is 70.3 Å². The Hall–Kier alpha value is -2.04. The van der Waals surface area contributed by atoms with Crippen LogP contribution in [0, 0.1) is 17.8 Å². The van der Waals surface area contributed by atoms with Crippen molar-refractivity contribution in [2.45, 2.75) is 70.3 Å². The first-order valence-corrected chi connectivity index (χ1v) is 10.9. The third kappa shape index (κ3) is 4.34. The highest BCUT2D eigenvalue weighted by atomic mass is 16.2. The minimum atomic E-state index is -0.114. The summed E-state index contributed by atoms with van der Waals surface area (Å²) in [5.41, 5.74) is 2.03. The zero-order chi connectivity index (χ0) is 19.7. The number of urea groups is 1. The average molecular weight is 384 g/mol. The molecule has 1 aromatic rings. The van der Waals surface area contributed by atoms with Crippen LogP contribution in [-0.4, -0.2) is 24.0 Å². The maximum atomic E-state index is 12.4. The number of amides is 3. The quantitative estimate of drug-likeness (QED) is 0.681. The molecule has 4 aliphatic carbocycles. The van der Waals surface area contributed by atoms with Gasteiger partial charge < -0.3 is 16.0 Å². The summed E-state index contributed by atoms with van der Waals surface area (Å²) in [7, 11) is 0. The van der Waals surface area contributed by atoms with Crippen LogP contribution in [0.4, 0.5) is 10.5 Å². The molecule has 0 atom stereocenters. The molecule has 5 rings (SSSR count). The fraction of sp³-hybridized carbons (Fsp3) is 0.652. The summed E-state index contributed by atoms with van der Waals surface area (Å²) in [6.45, 7) is 4.62. The molecule has 4 saturated carbocycles. The Kier molecular flexibility index (Phi) is 5.35. The van der Waals surface area contributed by atoms with Crippen LogP contribution in [0.3, 0.4) is 0 Å². The van der Waals surface area contributed by atoms with Crippen LogP contribution in [0.5, 0.6) is 0 Å². The molecule has 4 fully saturated rings. The second-order valence-electron chi connectivity index (χ2n) is 9.66. The van der Waals surface area contributed by atoms with Gasteiger partial charge in [0.2, 0.25) is 5.91 Å². The van der Waals surface area contributed by atoms with Crippen LogP contribution in [0.15, 0.2) is 24.3 Å². The third-order valence-electron chi connectivity index (χ3n) is 6.89. The van der Waals surface area contributed by atoms with E-state index in [1.807, 2.05) is 18.2 Å². The van der Waals surface area contributed by atoms with Gasteiger partial charge in [-0.2, -0.15) is 0 Å². The van der Waals surface area contributed by atoms with E-state index >= 15 is 0 Å². The smallest absolute Gasteiger partial charge is 0.315 e. The molecule has 0 saturated heterocycles. The van der Waals surface area contributed by atoms with Crippen molar-refractivity contribution in [2.24, 2.45) is 17.8 Å². The van der Waals surface area contributed by atoms with Gasteiger partial charge in [0.25, 0.3) is 0 Å². The molecule has 28 heavy (non-hydrogen) atoms. The molecule has 0 radical (unpaired) electrons. The Balaban J connectivity index is 1.21. The first-order valence-electron chi connectivity index (χ1n) is 10.9. The molecule has 5 nitrogen and oxygen atoms in total. The monoisotopic (exact) mass is 383 g/mol. The predicted molar refractivity (Wildman–Crippen MR) is 111 cm³/mol. The Bertz CT molecular complexity index is 708. The number of hydrogen-bond acceptors (Lipinski definition) is 2. The highest BCUT2D eigenvalue weighted by Crippen LogP contribution is 2.55. The molecule has 3 N–H and O–H groups in total. The number of carbonyl (C=O) groups is 2. The highest BCUT2D eigenvalue weighted by molar-refractivity contribution is 5.91. The average Bonchev–Trinajstić information content (AvgIpc) is 2.60. The molecule has 0 spiro atoms. The van der Waals surface area contributed by atoms with Gasteiger partial charge in [0.15, 0.2) is 0 Å². The van der Waals surface area contributed by atoms with E-state index in [1.54, 1.807) is 0 Å². The van der Waals surface area contributed by atoms with Gasteiger partial charge in [-0.05, 0) is 79.9 Å². The fourth-order valence-electron chi connectivity index (χ4n) is 6.04. The summed E-state index contributed by atoms with van der Waals surface area (Å²) >= 11 is 0. The molecular weight excluding hydrogens is 350 g/mol. The predicted octanol–water partition coefficient (Wildman–Crippen LogP) is 4.41. The normalized spacial score (nSPS) is 30.3. The fourth-order valence-corrected chi connectivity index (χ4v) is 6.04. The van der Waals surface area contributed by atoms with E-state index in [9.17, 15) is 9.59 Å². The number of hydrogen-bond donors (Lipinski definition) is 3. The van der Waals surface area contributed by atoms with E-state index < -0.39 is 0 Å².